The number of hydrogen-bond donors (Lipinski definition) is 1. The number of rotatable bonds is 1. The van der Waals surface area contributed by atoms with Gasteiger partial charge in [0.1, 0.15) is 5.75 Å². The fraction of sp³-hybridized carbons (Fsp3) is 0.333. The summed E-state index contributed by atoms with van der Waals surface area (Å²) in [6.07, 6.45) is -2.52. The minimum absolute atomic E-state index is 0.0645. The van der Waals surface area contributed by atoms with Crippen molar-refractivity contribution < 1.29 is 13.9 Å². The fourth-order valence-corrected chi connectivity index (χ4v) is 0.994. The average molecular weight is 172 g/mol. The van der Waals surface area contributed by atoms with Gasteiger partial charge in [0, 0.05) is 5.56 Å². The number of aromatic hydroxyl groups is 1. The van der Waals surface area contributed by atoms with Crippen molar-refractivity contribution in [2.24, 2.45) is 0 Å². The number of phenols is 1. The Morgan fingerprint density at radius 3 is 2.25 bits per heavy atom. The third-order valence-electron chi connectivity index (χ3n) is 1.91. The second kappa shape index (κ2) is 3.09. The molecule has 0 spiro atoms. The molecule has 0 fully saturated rings. The number of alkyl halides is 2. The summed E-state index contributed by atoms with van der Waals surface area (Å²) in [6.45, 7) is 3.39. The van der Waals surface area contributed by atoms with Gasteiger partial charge in [0.25, 0.3) is 6.43 Å². The summed E-state index contributed by atoms with van der Waals surface area (Å²) in [5.41, 5.74) is 1.21. The van der Waals surface area contributed by atoms with Crippen LogP contribution in [0.3, 0.4) is 0 Å². The minimum Gasteiger partial charge on any atom is -0.508 e. The van der Waals surface area contributed by atoms with Crippen molar-refractivity contribution in [3.8, 4) is 5.75 Å². The van der Waals surface area contributed by atoms with Gasteiger partial charge in [-0.15, -0.1) is 0 Å². The van der Waals surface area contributed by atoms with Gasteiger partial charge in [-0.1, -0.05) is 0 Å². The van der Waals surface area contributed by atoms with Gasteiger partial charge in [-0.2, -0.15) is 0 Å². The van der Waals surface area contributed by atoms with E-state index in [9.17, 15) is 13.9 Å². The number of phenolic OH excluding ortho intramolecular Hbond substituents is 1. The van der Waals surface area contributed by atoms with Crippen LogP contribution in [0.25, 0.3) is 0 Å². The lowest BCUT2D eigenvalue weighted by molar-refractivity contribution is 0.151. The molecule has 0 aliphatic rings. The first kappa shape index (κ1) is 8.97. The Kier molecular flexibility index (Phi) is 2.31. The van der Waals surface area contributed by atoms with E-state index in [0.29, 0.717) is 11.1 Å². The molecule has 0 heterocycles. The molecule has 0 unspecified atom stereocenters. The van der Waals surface area contributed by atoms with Crippen LogP contribution < -0.4 is 0 Å². The summed E-state index contributed by atoms with van der Waals surface area (Å²) in [5.74, 6) is -0.0645. The van der Waals surface area contributed by atoms with E-state index in [1.807, 2.05) is 0 Å². The largest absolute Gasteiger partial charge is 0.508 e. The van der Waals surface area contributed by atoms with Crippen LogP contribution in [0.15, 0.2) is 12.1 Å². The van der Waals surface area contributed by atoms with Crippen LogP contribution in [0, 0.1) is 13.8 Å². The van der Waals surface area contributed by atoms with Gasteiger partial charge in [0.2, 0.25) is 0 Å². The highest BCUT2D eigenvalue weighted by molar-refractivity contribution is 5.41. The van der Waals surface area contributed by atoms with Gasteiger partial charge < -0.3 is 5.11 Å². The molecule has 1 aromatic rings. The Labute approximate surface area is 69.7 Å². The second-order valence-corrected chi connectivity index (χ2v) is 2.78. The van der Waals surface area contributed by atoms with Crippen molar-refractivity contribution in [3.05, 3.63) is 28.8 Å². The molecule has 0 aliphatic carbocycles. The first-order valence-electron chi connectivity index (χ1n) is 3.60. The molecule has 66 valence electrons. The highest BCUT2D eigenvalue weighted by Gasteiger charge is 2.10. The summed E-state index contributed by atoms with van der Waals surface area (Å²) < 4.78 is 24.3. The molecule has 0 saturated carbocycles. The van der Waals surface area contributed by atoms with Gasteiger partial charge in [-0.05, 0) is 37.1 Å². The molecular formula is C9H10F2O. The number of halogens is 2. The van der Waals surface area contributed by atoms with Crippen LogP contribution in [0.4, 0.5) is 8.78 Å². The smallest absolute Gasteiger partial charge is 0.263 e. The topological polar surface area (TPSA) is 20.2 Å². The van der Waals surface area contributed by atoms with Crippen LogP contribution in [0.5, 0.6) is 5.75 Å². The molecule has 0 bridgehead atoms. The fourth-order valence-electron chi connectivity index (χ4n) is 0.994. The predicted octanol–water partition coefficient (Wildman–Crippen LogP) is 2.95. The Bertz CT molecular complexity index is 272. The summed E-state index contributed by atoms with van der Waals surface area (Å²) in [5, 5.41) is 9.20. The lowest BCUT2D eigenvalue weighted by Gasteiger charge is -2.06. The van der Waals surface area contributed by atoms with Gasteiger partial charge in [-0.25, -0.2) is 8.78 Å². The zero-order valence-electron chi connectivity index (χ0n) is 6.94. The van der Waals surface area contributed by atoms with E-state index in [0.717, 1.165) is 6.07 Å². The monoisotopic (exact) mass is 172 g/mol. The van der Waals surface area contributed by atoms with Crippen molar-refractivity contribution in [1.29, 1.82) is 0 Å². The van der Waals surface area contributed by atoms with Crippen molar-refractivity contribution in [2.75, 3.05) is 0 Å². The molecule has 0 radical (unpaired) electrons. The quantitative estimate of drug-likeness (QED) is 0.690. The zero-order chi connectivity index (χ0) is 9.30. The van der Waals surface area contributed by atoms with Crippen molar-refractivity contribution in [3.63, 3.8) is 0 Å². The highest BCUT2D eigenvalue weighted by atomic mass is 19.3. The van der Waals surface area contributed by atoms with Crippen molar-refractivity contribution in [1.82, 2.24) is 0 Å². The van der Waals surface area contributed by atoms with E-state index >= 15 is 0 Å². The van der Waals surface area contributed by atoms with Gasteiger partial charge in [0.05, 0.1) is 0 Å². The Morgan fingerprint density at radius 1 is 1.25 bits per heavy atom. The minimum atomic E-state index is -2.52. The number of aryl methyl sites for hydroxylation is 1. The molecule has 1 aromatic carbocycles. The molecule has 0 saturated heterocycles. The van der Waals surface area contributed by atoms with Gasteiger partial charge in [-0.3, -0.25) is 0 Å². The molecule has 12 heavy (non-hydrogen) atoms. The highest BCUT2D eigenvalue weighted by Crippen LogP contribution is 2.27. The molecule has 1 nitrogen and oxygen atoms in total. The lowest BCUT2D eigenvalue weighted by Crippen LogP contribution is -1.88. The molecular weight excluding hydrogens is 162 g/mol. The van der Waals surface area contributed by atoms with Crippen molar-refractivity contribution in [2.45, 2.75) is 20.3 Å². The van der Waals surface area contributed by atoms with E-state index in [1.165, 1.54) is 6.07 Å². The average Bonchev–Trinajstić information content (AvgIpc) is 1.99. The maximum absolute atomic E-state index is 12.1. The normalized spacial score (nSPS) is 10.8. The molecule has 0 aromatic heterocycles. The summed E-state index contributed by atoms with van der Waals surface area (Å²) in [6, 6.07) is 2.49. The molecule has 0 aliphatic heterocycles. The number of benzene rings is 1. The number of hydrogen-bond acceptors (Lipinski definition) is 1. The maximum Gasteiger partial charge on any atom is 0.263 e. The van der Waals surface area contributed by atoms with Crippen LogP contribution in [0.1, 0.15) is 23.1 Å². The molecule has 3 heteroatoms. The summed E-state index contributed by atoms with van der Waals surface area (Å²) in [4.78, 5) is 0. The van der Waals surface area contributed by atoms with Crippen LogP contribution in [-0.2, 0) is 0 Å². The standard InChI is InChI=1S/C9H10F2O/c1-5-3-7(9(10)11)4-8(12)6(5)2/h3-4,9,12H,1-2H3. The van der Waals surface area contributed by atoms with Crippen molar-refractivity contribution >= 4 is 0 Å². The van der Waals surface area contributed by atoms with E-state index in [2.05, 4.69) is 0 Å². The second-order valence-electron chi connectivity index (χ2n) is 2.78. The SMILES string of the molecule is Cc1cc(C(F)F)cc(O)c1C. The molecule has 1 N–H and O–H groups in total. The van der Waals surface area contributed by atoms with Gasteiger partial charge in [0.15, 0.2) is 0 Å². The first-order valence-corrected chi connectivity index (χ1v) is 3.60. The van der Waals surface area contributed by atoms with Crippen LogP contribution in [-0.4, -0.2) is 5.11 Å². The first-order chi connectivity index (χ1) is 5.52. The Morgan fingerprint density at radius 2 is 1.83 bits per heavy atom. The van der Waals surface area contributed by atoms with Crippen LogP contribution >= 0.6 is 0 Å². The van der Waals surface area contributed by atoms with Crippen LogP contribution in [0.2, 0.25) is 0 Å². The maximum atomic E-state index is 12.1. The third-order valence-corrected chi connectivity index (χ3v) is 1.91. The van der Waals surface area contributed by atoms with E-state index in [4.69, 9.17) is 0 Å². The van der Waals surface area contributed by atoms with E-state index in [1.54, 1.807) is 13.8 Å². The molecule has 0 amide bonds. The van der Waals surface area contributed by atoms with E-state index in [-0.39, 0.29) is 11.3 Å². The van der Waals surface area contributed by atoms with E-state index < -0.39 is 6.43 Å². The Balaban J connectivity index is 3.21. The zero-order valence-corrected chi connectivity index (χ0v) is 6.94. The lowest BCUT2D eigenvalue weighted by atomic mass is 10.1. The third kappa shape index (κ3) is 1.55. The van der Waals surface area contributed by atoms with Gasteiger partial charge >= 0.3 is 0 Å². The predicted molar refractivity (Wildman–Crippen MR) is 42.5 cm³/mol. The Hall–Kier alpha value is -1.12. The summed E-state index contributed by atoms with van der Waals surface area (Å²) in [7, 11) is 0. The summed E-state index contributed by atoms with van der Waals surface area (Å²) >= 11 is 0. The molecule has 0 atom stereocenters. The molecule has 1 rings (SSSR count).